The number of likely N-dealkylation sites (N-methyl/N-ethyl adjacent to an activating group) is 1. The van der Waals surface area contributed by atoms with E-state index in [9.17, 15) is 9.59 Å². The van der Waals surface area contributed by atoms with Gasteiger partial charge in [0.05, 0.1) is 16.2 Å². The Morgan fingerprint density at radius 2 is 1.95 bits per heavy atom. The van der Waals surface area contributed by atoms with Crippen LogP contribution in [0.15, 0.2) is 21.5 Å². The fourth-order valence-corrected chi connectivity index (χ4v) is 4.25. The van der Waals surface area contributed by atoms with Crippen molar-refractivity contribution in [1.29, 1.82) is 0 Å². The molecule has 8 heteroatoms. The molecule has 0 spiro atoms. The van der Waals surface area contributed by atoms with Gasteiger partial charge in [-0.1, -0.05) is 39.9 Å². The van der Waals surface area contributed by atoms with E-state index in [0.29, 0.717) is 5.57 Å². The molecule has 21 heavy (non-hydrogen) atoms. The summed E-state index contributed by atoms with van der Waals surface area (Å²) in [4.78, 5) is 26.6. The Labute approximate surface area is 139 Å². The lowest BCUT2D eigenvalue weighted by Crippen LogP contribution is -2.35. The van der Waals surface area contributed by atoms with Gasteiger partial charge in [0, 0.05) is 17.1 Å². The van der Waals surface area contributed by atoms with Gasteiger partial charge in [0.15, 0.2) is 4.32 Å². The molecular formula is C13H10BrN3O2S2. The Morgan fingerprint density at radius 3 is 2.52 bits per heavy atom. The highest BCUT2D eigenvalue weighted by Crippen LogP contribution is 2.45. The van der Waals surface area contributed by atoms with Gasteiger partial charge in [0.1, 0.15) is 0 Å². The molecule has 0 unspecified atom stereocenters. The van der Waals surface area contributed by atoms with E-state index in [-0.39, 0.29) is 15.1 Å². The number of thiocarbonyl (C=S) groups is 1. The maximum atomic E-state index is 12.6. The van der Waals surface area contributed by atoms with Crippen molar-refractivity contribution in [1.82, 2.24) is 5.01 Å². The van der Waals surface area contributed by atoms with Crippen LogP contribution in [0.5, 0.6) is 0 Å². The number of aryl methyl sites for hydroxylation is 1. The molecule has 0 aliphatic carbocycles. The topological polar surface area (TPSA) is 66.6 Å². The number of thioether (sulfide) groups is 1. The lowest BCUT2D eigenvalue weighted by Gasteiger charge is -2.12. The first-order valence-electron chi connectivity index (χ1n) is 5.96. The van der Waals surface area contributed by atoms with Crippen molar-refractivity contribution < 1.29 is 9.59 Å². The van der Waals surface area contributed by atoms with E-state index >= 15 is 0 Å². The molecule has 1 saturated heterocycles. The van der Waals surface area contributed by atoms with Crippen molar-refractivity contribution in [3.05, 3.63) is 32.6 Å². The quantitative estimate of drug-likeness (QED) is 0.322. The van der Waals surface area contributed by atoms with Gasteiger partial charge in [-0.15, -0.1) is 0 Å². The predicted molar refractivity (Wildman–Crippen MR) is 90.4 cm³/mol. The molecular weight excluding hydrogens is 374 g/mol. The van der Waals surface area contributed by atoms with Crippen LogP contribution >= 0.6 is 39.9 Å². The second kappa shape index (κ2) is 4.91. The number of nitrogens with zero attached hydrogens (tertiary/aromatic N) is 2. The highest BCUT2D eigenvalue weighted by molar-refractivity contribution is 9.10. The summed E-state index contributed by atoms with van der Waals surface area (Å²) in [5.74, 6) is 4.93. The van der Waals surface area contributed by atoms with E-state index in [1.165, 1.54) is 0 Å². The fraction of sp³-hybridized carbons (Fsp3) is 0.154. The van der Waals surface area contributed by atoms with Crippen molar-refractivity contribution in [3.63, 3.8) is 0 Å². The predicted octanol–water partition coefficient (Wildman–Crippen LogP) is 2.18. The minimum Gasteiger partial charge on any atom is -0.310 e. The molecule has 1 aromatic rings. The summed E-state index contributed by atoms with van der Waals surface area (Å²) in [6.45, 7) is 1.92. The van der Waals surface area contributed by atoms with Crippen molar-refractivity contribution in [2.75, 3.05) is 11.9 Å². The highest BCUT2D eigenvalue weighted by atomic mass is 79.9. The average molecular weight is 384 g/mol. The monoisotopic (exact) mass is 383 g/mol. The van der Waals surface area contributed by atoms with Gasteiger partial charge in [-0.2, -0.15) is 0 Å². The second-order valence-electron chi connectivity index (χ2n) is 4.73. The standard InChI is InChI=1S/C13H10BrN3O2S2/c1-5-3-6(14)4-7-8(11(18)16(2)9(5)7)10-12(19)17(15)13(20)21-10/h3-4H,15H2,1-2H3/b10-8+. The summed E-state index contributed by atoms with van der Waals surface area (Å²) >= 11 is 9.51. The van der Waals surface area contributed by atoms with Gasteiger partial charge in [0.25, 0.3) is 11.8 Å². The molecule has 0 bridgehead atoms. The lowest BCUT2D eigenvalue weighted by molar-refractivity contribution is -0.122. The van der Waals surface area contributed by atoms with Crippen molar-refractivity contribution in [2.45, 2.75) is 6.92 Å². The van der Waals surface area contributed by atoms with Crippen molar-refractivity contribution >= 4 is 67.3 Å². The summed E-state index contributed by atoms with van der Waals surface area (Å²) in [5.41, 5.74) is 2.85. The van der Waals surface area contributed by atoms with Crippen LogP contribution in [0.3, 0.4) is 0 Å². The molecule has 1 fully saturated rings. The molecule has 2 N–H and O–H groups in total. The number of carbonyl (C=O) groups excluding carboxylic acids is 2. The third kappa shape index (κ3) is 2.05. The second-order valence-corrected chi connectivity index (χ2v) is 7.29. The first kappa shape index (κ1) is 14.7. The summed E-state index contributed by atoms with van der Waals surface area (Å²) in [5, 5.41) is 0.901. The van der Waals surface area contributed by atoms with Crippen molar-refractivity contribution in [3.8, 4) is 0 Å². The smallest absolute Gasteiger partial charge is 0.281 e. The zero-order valence-electron chi connectivity index (χ0n) is 11.1. The number of benzene rings is 1. The molecule has 0 radical (unpaired) electrons. The number of hydrogen-bond donors (Lipinski definition) is 1. The van der Waals surface area contributed by atoms with Gasteiger partial charge in [-0.25, -0.2) is 10.9 Å². The summed E-state index contributed by atoms with van der Waals surface area (Å²) < 4.78 is 1.10. The first-order chi connectivity index (χ1) is 9.82. The van der Waals surface area contributed by atoms with E-state index in [4.69, 9.17) is 18.1 Å². The highest BCUT2D eigenvalue weighted by Gasteiger charge is 2.40. The molecule has 0 saturated carbocycles. The number of fused-ring (bicyclic) bond motifs is 1. The maximum absolute atomic E-state index is 12.6. The van der Waals surface area contributed by atoms with E-state index in [1.54, 1.807) is 11.9 Å². The molecule has 0 aromatic heterocycles. The van der Waals surface area contributed by atoms with Crippen LogP contribution in [0.4, 0.5) is 5.69 Å². The SMILES string of the molecule is Cc1cc(Br)cc2c1N(C)C(=O)/C2=C1/SC(=S)N(N)C1=O. The van der Waals surface area contributed by atoms with Crippen LogP contribution in [-0.4, -0.2) is 28.2 Å². The van der Waals surface area contributed by atoms with Crippen LogP contribution in [0.2, 0.25) is 0 Å². The molecule has 2 aliphatic rings. The van der Waals surface area contributed by atoms with Crippen LogP contribution in [0, 0.1) is 6.92 Å². The van der Waals surface area contributed by atoms with Crippen LogP contribution < -0.4 is 10.7 Å². The lowest BCUT2D eigenvalue weighted by atomic mass is 10.0. The number of hydrazine groups is 1. The molecule has 108 valence electrons. The average Bonchev–Trinajstić information content (AvgIpc) is 2.79. The van der Waals surface area contributed by atoms with E-state index in [2.05, 4.69) is 15.9 Å². The van der Waals surface area contributed by atoms with Gasteiger partial charge in [-0.3, -0.25) is 9.59 Å². The van der Waals surface area contributed by atoms with Crippen molar-refractivity contribution in [2.24, 2.45) is 5.84 Å². The minimum absolute atomic E-state index is 0.222. The van der Waals surface area contributed by atoms with E-state index < -0.39 is 5.91 Å². The Balaban J connectivity index is 2.31. The third-order valence-corrected chi connectivity index (χ3v) is 5.27. The van der Waals surface area contributed by atoms with Gasteiger partial charge in [-0.05, 0) is 24.6 Å². The number of halogens is 1. The number of rotatable bonds is 0. The largest absolute Gasteiger partial charge is 0.310 e. The number of hydrogen-bond acceptors (Lipinski definition) is 5. The number of amides is 2. The Hall–Kier alpha value is -1.22. The molecule has 3 rings (SSSR count). The van der Waals surface area contributed by atoms with Gasteiger partial charge >= 0.3 is 0 Å². The maximum Gasteiger partial charge on any atom is 0.281 e. The number of anilines is 1. The molecule has 2 amide bonds. The molecule has 1 aromatic carbocycles. The normalized spacial score (nSPS) is 21.6. The number of nitrogens with two attached hydrogens (primary N) is 1. The van der Waals surface area contributed by atoms with E-state index in [0.717, 1.165) is 38.1 Å². The van der Waals surface area contributed by atoms with Gasteiger partial charge in [0.2, 0.25) is 0 Å². The Kier molecular flexibility index (Phi) is 3.44. The summed E-state index contributed by atoms with van der Waals surface area (Å²) in [7, 11) is 1.69. The van der Waals surface area contributed by atoms with Crippen LogP contribution in [0.25, 0.3) is 5.57 Å². The van der Waals surface area contributed by atoms with Crippen LogP contribution in [0.1, 0.15) is 11.1 Å². The third-order valence-electron chi connectivity index (χ3n) is 3.41. The van der Waals surface area contributed by atoms with Gasteiger partial charge < -0.3 is 4.90 Å². The first-order valence-corrected chi connectivity index (χ1v) is 7.98. The van der Waals surface area contributed by atoms with E-state index in [1.807, 2.05) is 19.1 Å². The molecule has 2 heterocycles. The molecule has 0 atom stereocenters. The zero-order chi connectivity index (χ0) is 15.5. The Bertz CT molecular complexity index is 760. The summed E-state index contributed by atoms with van der Waals surface area (Å²) in [6.07, 6.45) is 0. The molecule has 2 aliphatic heterocycles. The Morgan fingerprint density at radius 1 is 1.29 bits per heavy atom. The minimum atomic E-state index is -0.438. The van der Waals surface area contributed by atoms with Crippen LogP contribution in [-0.2, 0) is 9.59 Å². The summed E-state index contributed by atoms with van der Waals surface area (Å²) in [6, 6.07) is 3.77. The fourth-order valence-electron chi connectivity index (χ4n) is 2.51. The molecule has 5 nitrogen and oxygen atoms in total. The zero-order valence-corrected chi connectivity index (χ0v) is 14.4. The number of carbonyl (C=O) groups is 2.